The molecule has 0 saturated heterocycles. The van der Waals surface area contributed by atoms with E-state index in [1.165, 1.54) is 21.9 Å². The van der Waals surface area contributed by atoms with E-state index < -0.39 is 6.04 Å². The fourth-order valence-corrected chi connectivity index (χ4v) is 7.72. The predicted octanol–water partition coefficient (Wildman–Crippen LogP) is 14.9. The number of para-hydroxylation sites is 1. The van der Waals surface area contributed by atoms with Crippen LogP contribution in [0.4, 0.5) is 17.1 Å². The van der Waals surface area contributed by atoms with Crippen LogP contribution in [0.5, 0.6) is 0 Å². The maximum atomic E-state index is 8.54. The van der Waals surface area contributed by atoms with Crippen molar-refractivity contribution in [1.29, 1.82) is 0 Å². The predicted molar refractivity (Wildman–Crippen MR) is 237 cm³/mol. The summed E-state index contributed by atoms with van der Waals surface area (Å²) in [6.45, 7) is 0. The van der Waals surface area contributed by atoms with Gasteiger partial charge in [0.05, 0.1) is 17.9 Å². The second-order valence-electron chi connectivity index (χ2n) is 13.8. The molecule has 2 nitrogen and oxygen atoms in total. The van der Waals surface area contributed by atoms with E-state index in [1.54, 1.807) is 0 Å². The molecule has 0 aliphatic carbocycles. The van der Waals surface area contributed by atoms with Crippen molar-refractivity contribution in [1.82, 2.24) is 4.57 Å². The lowest BCUT2D eigenvalue weighted by Gasteiger charge is -2.26. The Morgan fingerprint density at radius 3 is 1.29 bits per heavy atom. The van der Waals surface area contributed by atoms with Crippen LogP contribution in [-0.4, -0.2) is 4.57 Å². The first-order valence-electron chi connectivity index (χ1n) is 21.3. The smallest absolute Gasteiger partial charge is 0.0629 e. The second kappa shape index (κ2) is 14.4. The average molecular weight is 720 g/mol. The molecule has 10 aromatic rings. The Labute approximate surface area is 334 Å². The van der Waals surface area contributed by atoms with Crippen LogP contribution in [0.2, 0.25) is 0 Å². The zero-order chi connectivity index (χ0) is 41.6. The molecular formula is C54H38N2. The molecule has 0 aliphatic heterocycles. The van der Waals surface area contributed by atoms with E-state index in [4.69, 9.17) is 6.85 Å². The van der Waals surface area contributed by atoms with Crippen molar-refractivity contribution in [3.8, 4) is 50.2 Å². The van der Waals surface area contributed by atoms with E-state index in [0.717, 1.165) is 56.0 Å². The molecule has 0 unspecified atom stereocenters. The lowest BCUT2D eigenvalue weighted by atomic mass is 10.0. The summed E-state index contributed by atoms with van der Waals surface area (Å²) < 4.78 is 43.9. The third-order valence-electron chi connectivity index (χ3n) is 10.5. The molecule has 1 heterocycles. The number of rotatable bonds is 8. The Bertz CT molecular complexity index is 3170. The highest BCUT2D eigenvalue weighted by atomic mass is 15.1. The molecule has 0 fully saturated rings. The number of aromatic nitrogens is 1. The van der Waals surface area contributed by atoms with Crippen LogP contribution in [0.3, 0.4) is 0 Å². The zero-order valence-electron chi connectivity index (χ0n) is 35.4. The molecule has 0 atom stereocenters. The molecule has 2 heteroatoms. The summed E-state index contributed by atoms with van der Waals surface area (Å²) in [5, 5.41) is 2.40. The minimum Gasteiger partial charge on any atom is -0.311 e. The number of anilines is 3. The highest BCUT2D eigenvalue weighted by Gasteiger charge is 2.16. The third-order valence-corrected chi connectivity index (χ3v) is 10.5. The fourth-order valence-electron chi connectivity index (χ4n) is 7.72. The van der Waals surface area contributed by atoms with Gasteiger partial charge in [0, 0.05) is 33.5 Å². The van der Waals surface area contributed by atoms with Crippen LogP contribution in [-0.2, 0) is 0 Å². The Morgan fingerprint density at radius 2 is 0.732 bits per heavy atom. The van der Waals surface area contributed by atoms with Crippen LogP contribution in [0, 0.1) is 0 Å². The molecule has 9 aromatic carbocycles. The number of hydrogen-bond acceptors (Lipinski definition) is 1. The van der Waals surface area contributed by atoms with Gasteiger partial charge in [0.2, 0.25) is 0 Å². The second-order valence-corrected chi connectivity index (χ2v) is 13.8. The number of nitrogens with zero attached hydrogens (tertiary/aromatic N) is 2. The molecule has 56 heavy (non-hydrogen) atoms. The Kier molecular flexibility index (Phi) is 7.24. The highest BCUT2D eigenvalue weighted by Crippen LogP contribution is 2.39. The highest BCUT2D eigenvalue weighted by molar-refractivity contribution is 6.10. The summed E-state index contributed by atoms with van der Waals surface area (Å²) in [4.78, 5) is 2.17. The van der Waals surface area contributed by atoms with E-state index in [9.17, 15) is 0 Å². The van der Waals surface area contributed by atoms with Gasteiger partial charge in [-0.15, -0.1) is 0 Å². The number of benzene rings is 9. The minimum absolute atomic E-state index is 0.181. The summed E-state index contributed by atoms with van der Waals surface area (Å²) in [7, 11) is 0. The van der Waals surface area contributed by atoms with Gasteiger partial charge in [0.15, 0.2) is 0 Å². The Morgan fingerprint density at radius 1 is 0.321 bits per heavy atom. The first-order chi connectivity index (χ1) is 29.8. The van der Waals surface area contributed by atoms with Gasteiger partial charge in [0.1, 0.15) is 0 Å². The monoisotopic (exact) mass is 719 g/mol. The number of hydrogen-bond donors (Lipinski definition) is 0. The minimum atomic E-state index is -0.403. The van der Waals surface area contributed by atoms with Crippen molar-refractivity contribution in [2.45, 2.75) is 0 Å². The van der Waals surface area contributed by atoms with Gasteiger partial charge >= 0.3 is 0 Å². The van der Waals surface area contributed by atoms with Crippen LogP contribution in [0.15, 0.2) is 230 Å². The maximum absolute atomic E-state index is 8.54. The van der Waals surface area contributed by atoms with Crippen molar-refractivity contribution in [2.24, 2.45) is 0 Å². The Balaban J connectivity index is 1.04. The van der Waals surface area contributed by atoms with Crippen LogP contribution in [0.25, 0.3) is 72.0 Å². The van der Waals surface area contributed by atoms with Crippen LogP contribution < -0.4 is 4.90 Å². The number of fused-ring (bicyclic) bond motifs is 3. The standard InChI is InChI=1S/C54H38N2/c1-4-12-39(13-5-1)42-20-29-47(30-21-42)55(48-31-22-43(23-32-48)40-14-6-2-7-15-40)49-33-26-45(27-34-49)46-28-37-52-51-18-10-11-19-53(51)56(54(52)38-46)50-35-24-44(25-36-50)41-16-8-3-9-17-41/h1-38H/i1D,4D,5D,12D,13D. The SMILES string of the molecule is [2H]c1c([2H])c([2H])c(-c2ccc(N(c3ccc(-c4ccccc4)cc3)c3ccc(-c4ccc5c6ccccc6n(-c6ccc(-c7ccccc7)cc6)c5c4)cc3)cc2)c([2H])c1[2H]. The largest absolute Gasteiger partial charge is 0.311 e. The lowest BCUT2D eigenvalue weighted by Crippen LogP contribution is -2.09. The maximum Gasteiger partial charge on any atom is 0.0629 e. The van der Waals surface area contributed by atoms with Gasteiger partial charge in [0.25, 0.3) is 0 Å². The first-order valence-corrected chi connectivity index (χ1v) is 18.8. The summed E-state index contributed by atoms with van der Waals surface area (Å²) in [6, 6.07) is 67.8. The molecule has 0 spiro atoms. The van der Waals surface area contributed by atoms with Gasteiger partial charge in [-0.3, -0.25) is 0 Å². The summed E-state index contributed by atoms with van der Waals surface area (Å²) >= 11 is 0. The quantitative estimate of drug-likeness (QED) is 0.152. The summed E-state index contributed by atoms with van der Waals surface area (Å²) in [5.41, 5.74) is 13.7. The molecule has 0 N–H and O–H groups in total. The molecule has 0 aliphatic rings. The van der Waals surface area contributed by atoms with Gasteiger partial charge in [-0.05, 0) is 105 Å². The summed E-state index contributed by atoms with van der Waals surface area (Å²) in [5.74, 6) is 0. The average Bonchev–Trinajstić information content (AvgIpc) is 3.65. The van der Waals surface area contributed by atoms with Gasteiger partial charge < -0.3 is 9.47 Å². The van der Waals surface area contributed by atoms with Crippen molar-refractivity contribution in [3.05, 3.63) is 230 Å². The van der Waals surface area contributed by atoms with Gasteiger partial charge in [-0.25, -0.2) is 0 Å². The first kappa shape index (κ1) is 28.1. The van der Waals surface area contributed by atoms with Crippen molar-refractivity contribution < 1.29 is 6.85 Å². The summed E-state index contributed by atoms with van der Waals surface area (Å²) in [6.07, 6.45) is 0. The van der Waals surface area contributed by atoms with E-state index in [2.05, 4.69) is 161 Å². The Hall–Kier alpha value is -7.42. The van der Waals surface area contributed by atoms with Crippen molar-refractivity contribution >= 4 is 38.9 Å². The molecule has 10 rings (SSSR count). The van der Waals surface area contributed by atoms with Crippen molar-refractivity contribution in [2.75, 3.05) is 4.90 Å². The zero-order valence-corrected chi connectivity index (χ0v) is 30.4. The van der Waals surface area contributed by atoms with E-state index in [1.807, 2.05) is 48.5 Å². The van der Waals surface area contributed by atoms with Crippen LogP contribution >= 0.6 is 0 Å². The molecule has 264 valence electrons. The molecule has 0 radical (unpaired) electrons. The van der Waals surface area contributed by atoms with E-state index in [0.29, 0.717) is 5.56 Å². The molecule has 1 aromatic heterocycles. The topological polar surface area (TPSA) is 8.17 Å². The molecular weight excluding hydrogens is 677 g/mol. The van der Waals surface area contributed by atoms with E-state index >= 15 is 0 Å². The molecule has 0 saturated carbocycles. The molecule has 0 bridgehead atoms. The fraction of sp³-hybridized carbons (Fsp3) is 0. The van der Waals surface area contributed by atoms with Crippen LogP contribution in [0.1, 0.15) is 6.85 Å². The van der Waals surface area contributed by atoms with Gasteiger partial charge in [-0.1, -0.05) is 170 Å². The van der Waals surface area contributed by atoms with Gasteiger partial charge in [-0.2, -0.15) is 0 Å². The normalized spacial score (nSPS) is 12.5. The third kappa shape index (κ3) is 6.24. The molecule has 0 amide bonds. The van der Waals surface area contributed by atoms with Crippen molar-refractivity contribution in [3.63, 3.8) is 0 Å². The van der Waals surface area contributed by atoms with E-state index in [-0.39, 0.29) is 29.7 Å². The lowest BCUT2D eigenvalue weighted by molar-refractivity contribution is 1.18.